The number of rotatable bonds is 3. The second-order valence-electron chi connectivity index (χ2n) is 7.26. The van der Waals surface area contributed by atoms with Crippen LogP contribution in [0.5, 0.6) is 0 Å². The molecule has 1 aromatic rings. The summed E-state index contributed by atoms with van der Waals surface area (Å²) < 4.78 is 0. The van der Waals surface area contributed by atoms with Crippen LogP contribution in [-0.2, 0) is 9.59 Å². The molecule has 0 saturated carbocycles. The van der Waals surface area contributed by atoms with Gasteiger partial charge in [0.2, 0.25) is 5.91 Å². The van der Waals surface area contributed by atoms with Crippen LogP contribution in [0.25, 0.3) is 0 Å². The average Bonchev–Trinajstić information content (AvgIpc) is 3.03. The molecule has 3 heterocycles. The molecule has 1 aromatic heterocycles. The summed E-state index contributed by atoms with van der Waals surface area (Å²) in [5.41, 5.74) is 1.19. The number of aryl methyl sites for hydroxylation is 1. The Hall–Kier alpha value is -2.38. The number of hydrogen-bond donors (Lipinski definition) is 2. The van der Waals surface area contributed by atoms with E-state index in [1.54, 1.807) is 17.9 Å². The molecule has 0 aliphatic carbocycles. The molecule has 2 aliphatic heterocycles. The minimum atomic E-state index is -0.980. The lowest BCUT2D eigenvalue weighted by atomic mass is 9.72. The molecule has 136 valence electrons. The standard InChI is InChI=1S/C17H24N4O4/c1-11-9-13(19-18-11)15(23)20-7-5-17(6-8-20)4-3-14(22)21(10-17)12(2)16(24)25/h9,12H,3-8,10H2,1-2H3,(H,18,19)(H,24,25). The first-order valence-corrected chi connectivity index (χ1v) is 8.65. The van der Waals surface area contributed by atoms with Crippen LogP contribution in [0.1, 0.15) is 48.8 Å². The van der Waals surface area contributed by atoms with Gasteiger partial charge in [0.25, 0.3) is 5.91 Å². The second kappa shape index (κ2) is 6.50. The minimum absolute atomic E-state index is 0.0816. The monoisotopic (exact) mass is 348 g/mol. The molecular formula is C17H24N4O4. The highest BCUT2D eigenvalue weighted by Crippen LogP contribution is 2.41. The van der Waals surface area contributed by atoms with Gasteiger partial charge in [0.15, 0.2) is 0 Å². The van der Waals surface area contributed by atoms with Gasteiger partial charge in [-0.1, -0.05) is 0 Å². The molecule has 2 N–H and O–H groups in total. The van der Waals surface area contributed by atoms with Gasteiger partial charge < -0.3 is 14.9 Å². The summed E-state index contributed by atoms with van der Waals surface area (Å²) in [6.45, 7) is 5.08. The fourth-order valence-corrected chi connectivity index (χ4v) is 3.81. The number of aliphatic carboxylic acids is 1. The molecule has 0 radical (unpaired) electrons. The highest BCUT2D eigenvalue weighted by molar-refractivity contribution is 5.92. The smallest absolute Gasteiger partial charge is 0.326 e. The number of nitrogens with zero attached hydrogens (tertiary/aromatic N) is 3. The molecule has 1 spiro atoms. The zero-order valence-corrected chi connectivity index (χ0v) is 14.6. The molecule has 2 aliphatic rings. The van der Waals surface area contributed by atoms with Crippen molar-refractivity contribution in [1.29, 1.82) is 0 Å². The van der Waals surface area contributed by atoms with Gasteiger partial charge in [0.05, 0.1) is 0 Å². The normalized spacial score (nSPS) is 21.4. The van der Waals surface area contributed by atoms with Crippen molar-refractivity contribution >= 4 is 17.8 Å². The summed E-state index contributed by atoms with van der Waals surface area (Å²) in [5, 5.41) is 16.0. The van der Waals surface area contributed by atoms with Gasteiger partial charge >= 0.3 is 5.97 Å². The number of piperidine rings is 2. The number of aromatic nitrogens is 2. The van der Waals surface area contributed by atoms with Gasteiger partial charge in [0, 0.05) is 31.7 Å². The fourth-order valence-electron chi connectivity index (χ4n) is 3.81. The Labute approximate surface area is 146 Å². The van der Waals surface area contributed by atoms with Gasteiger partial charge in [-0.25, -0.2) is 4.79 Å². The van der Waals surface area contributed by atoms with Crippen molar-refractivity contribution in [3.8, 4) is 0 Å². The summed E-state index contributed by atoms with van der Waals surface area (Å²) in [4.78, 5) is 39.2. The van der Waals surface area contributed by atoms with E-state index in [1.807, 2.05) is 6.92 Å². The van der Waals surface area contributed by atoms with E-state index in [1.165, 1.54) is 4.90 Å². The first-order chi connectivity index (χ1) is 11.8. The first kappa shape index (κ1) is 17.4. The number of carboxylic acid groups (broad SMARTS) is 1. The zero-order valence-electron chi connectivity index (χ0n) is 14.6. The lowest BCUT2D eigenvalue weighted by Crippen LogP contribution is -2.55. The van der Waals surface area contributed by atoms with Crippen LogP contribution in [0.4, 0.5) is 0 Å². The zero-order chi connectivity index (χ0) is 18.2. The van der Waals surface area contributed by atoms with Gasteiger partial charge in [-0.15, -0.1) is 0 Å². The van der Waals surface area contributed by atoms with Crippen molar-refractivity contribution in [1.82, 2.24) is 20.0 Å². The predicted octanol–water partition coefficient (Wildman–Crippen LogP) is 1.04. The van der Waals surface area contributed by atoms with Crippen molar-refractivity contribution in [2.24, 2.45) is 5.41 Å². The molecule has 1 atom stereocenters. The summed E-state index contributed by atoms with van der Waals surface area (Å²) in [6, 6.07) is 0.929. The number of hydrogen-bond acceptors (Lipinski definition) is 4. The van der Waals surface area contributed by atoms with E-state index in [-0.39, 0.29) is 17.2 Å². The van der Waals surface area contributed by atoms with E-state index < -0.39 is 12.0 Å². The van der Waals surface area contributed by atoms with E-state index in [9.17, 15) is 19.5 Å². The van der Waals surface area contributed by atoms with Crippen molar-refractivity contribution in [2.45, 2.75) is 45.6 Å². The lowest BCUT2D eigenvalue weighted by Gasteiger charge is -2.48. The van der Waals surface area contributed by atoms with Crippen LogP contribution < -0.4 is 0 Å². The van der Waals surface area contributed by atoms with Gasteiger partial charge in [-0.2, -0.15) is 5.10 Å². The summed E-state index contributed by atoms with van der Waals surface area (Å²) in [6.07, 6.45) is 2.69. The van der Waals surface area contributed by atoms with Crippen molar-refractivity contribution in [3.63, 3.8) is 0 Å². The van der Waals surface area contributed by atoms with Crippen molar-refractivity contribution in [3.05, 3.63) is 17.5 Å². The quantitative estimate of drug-likeness (QED) is 0.849. The Morgan fingerprint density at radius 1 is 1.32 bits per heavy atom. The largest absolute Gasteiger partial charge is 0.480 e. The Kier molecular flexibility index (Phi) is 4.53. The summed E-state index contributed by atoms with van der Waals surface area (Å²) in [7, 11) is 0. The van der Waals surface area contributed by atoms with E-state index >= 15 is 0 Å². The number of carbonyl (C=O) groups excluding carboxylic acids is 2. The molecule has 2 saturated heterocycles. The summed E-state index contributed by atoms with van der Waals surface area (Å²) >= 11 is 0. The van der Waals surface area contributed by atoms with Gasteiger partial charge in [0.1, 0.15) is 11.7 Å². The van der Waals surface area contributed by atoms with Crippen molar-refractivity contribution in [2.75, 3.05) is 19.6 Å². The minimum Gasteiger partial charge on any atom is -0.480 e. The van der Waals surface area contributed by atoms with Crippen LogP contribution in [0.3, 0.4) is 0 Å². The predicted molar refractivity (Wildman–Crippen MR) is 88.9 cm³/mol. The van der Waals surface area contributed by atoms with Crippen LogP contribution in [0.2, 0.25) is 0 Å². The third-order valence-corrected chi connectivity index (χ3v) is 5.56. The van der Waals surface area contributed by atoms with E-state index in [0.29, 0.717) is 31.7 Å². The fraction of sp³-hybridized carbons (Fsp3) is 0.647. The molecule has 3 rings (SSSR count). The highest BCUT2D eigenvalue weighted by atomic mass is 16.4. The van der Waals surface area contributed by atoms with E-state index in [0.717, 1.165) is 25.0 Å². The Morgan fingerprint density at radius 2 is 2.00 bits per heavy atom. The third kappa shape index (κ3) is 3.38. The molecule has 1 unspecified atom stereocenters. The molecule has 2 amide bonds. The number of aromatic amines is 1. The molecule has 25 heavy (non-hydrogen) atoms. The lowest BCUT2D eigenvalue weighted by molar-refractivity contribution is -0.154. The SMILES string of the molecule is Cc1cc(C(=O)N2CCC3(CCC(=O)N(C(C)C(=O)O)C3)CC2)n[nH]1. The topological polar surface area (TPSA) is 107 Å². The highest BCUT2D eigenvalue weighted by Gasteiger charge is 2.44. The number of amides is 2. The molecular weight excluding hydrogens is 324 g/mol. The maximum atomic E-state index is 12.5. The molecule has 2 fully saturated rings. The molecule has 0 aromatic carbocycles. The van der Waals surface area contributed by atoms with E-state index in [2.05, 4.69) is 10.2 Å². The average molecular weight is 348 g/mol. The van der Waals surface area contributed by atoms with E-state index in [4.69, 9.17) is 0 Å². The number of likely N-dealkylation sites (tertiary alicyclic amines) is 2. The number of carboxylic acids is 1. The molecule has 8 nitrogen and oxygen atoms in total. The molecule has 0 bridgehead atoms. The Morgan fingerprint density at radius 3 is 2.56 bits per heavy atom. The van der Waals surface area contributed by atoms with Gasteiger partial charge in [-0.05, 0) is 44.6 Å². The Balaban J connectivity index is 1.65. The number of H-pyrrole nitrogens is 1. The van der Waals surface area contributed by atoms with Crippen LogP contribution in [-0.4, -0.2) is 68.6 Å². The first-order valence-electron chi connectivity index (χ1n) is 8.65. The van der Waals surface area contributed by atoms with Gasteiger partial charge in [-0.3, -0.25) is 14.7 Å². The third-order valence-electron chi connectivity index (χ3n) is 5.56. The number of carbonyl (C=O) groups is 3. The van der Waals surface area contributed by atoms with Crippen molar-refractivity contribution < 1.29 is 19.5 Å². The molecule has 8 heteroatoms. The van der Waals surface area contributed by atoms with Crippen LogP contribution in [0, 0.1) is 12.3 Å². The maximum Gasteiger partial charge on any atom is 0.326 e. The maximum absolute atomic E-state index is 12.5. The summed E-state index contributed by atoms with van der Waals surface area (Å²) in [5.74, 6) is -1.15. The van der Waals surface area contributed by atoms with Crippen LogP contribution >= 0.6 is 0 Å². The Bertz CT molecular complexity index is 691. The van der Waals surface area contributed by atoms with Crippen LogP contribution in [0.15, 0.2) is 6.07 Å². The second-order valence-corrected chi connectivity index (χ2v) is 7.26. The number of nitrogens with one attached hydrogen (secondary N) is 1.